The van der Waals surface area contributed by atoms with Crippen LogP contribution in [0, 0.1) is 16.0 Å². The van der Waals surface area contributed by atoms with Gasteiger partial charge in [0.05, 0.1) is 4.92 Å². The summed E-state index contributed by atoms with van der Waals surface area (Å²) in [6.45, 7) is 4.69. The van der Waals surface area contributed by atoms with Gasteiger partial charge < -0.3 is 20.7 Å². The molecule has 3 N–H and O–H groups in total. The van der Waals surface area contributed by atoms with Crippen molar-refractivity contribution in [2.24, 2.45) is 5.92 Å². The van der Waals surface area contributed by atoms with Gasteiger partial charge in [0.1, 0.15) is 11.9 Å². The number of nitrogens with one attached hydrogen (secondary N) is 3. The number of alkyl halides is 3. The van der Waals surface area contributed by atoms with Crippen molar-refractivity contribution in [2.75, 3.05) is 43.4 Å². The average molecular weight is 510 g/mol. The maximum Gasteiger partial charge on any atom is 0.573 e. The van der Waals surface area contributed by atoms with Gasteiger partial charge in [-0.25, -0.2) is 4.98 Å². The molecule has 13 heteroatoms. The second kappa shape index (κ2) is 11.7. The SMILES string of the molecule is O=[N+]([O-])c1cnc(NCc2ccccc2OC(F)(F)F)nc1NC[C@H]1CC[C@H](N2CCNCC2)CC1. The van der Waals surface area contributed by atoms with E-state index in [1.807, 2.05) is 0 Å². The number of benzene rings is 1. The lowest BCUT2D eigenvalue weighted by atomic mass is 9.85. The molecule has 1 saturated heterocycles. The zero-order valence-electron chi connectivity index (χ0n) is 19.8. The number of anilines is 2. The molecule has 1 aliphatic carbocycles. The second-order valence-corrected chi connectivity index (χ2v) is 9.04. The molecule has 0 atom stereocenters. The highest BCUT2D eigenvalue weighted by Crippen LogP contribution is 2.30. The Labute approximate surface area is 206 Å². The third-order valence-electron chi connectivity index (χ3n) is 6.64. The lowest BCUT2D eigenvalue weighted by molar-refractivity contribution is -0.384. The van der Waals surface area contributed by atoms with Crippen molar-refractivity contribution in [2.45, 2.75) is 44.6 Å². The van der Waals surface area contributed by atoms with Gasteiger partial charge >= 0.3 is 12.0 Å². The summed E-state index contributed by atoms with van der Waals surface area (Å²) < 4.78 is 42.1. The van der Waals surface area contributed by atoms with E-state index in [0.29, 0.717) is 18.5 Å². The summed E-state index contributed by atoms with van der Waals surface area (Å²) in [7, 11) is 0. The average Bonchev–Trinajstić information content (AvgIpc) is 2.87. The van der Waals surface area contributed by atoms with Gasteiger partial charge in [0.15, 0.2) is 0 Å². The molecule has 0 radical (unpaired) electrons. The van der Waals surface area contributed by atoms with Crippen LogP contribution < -0.4 is 20.7 Å². The maximum absolute atomic E-state index is 12.7. The monoisotopic (exact) mass is 509 g/mol. The zero-order valence-corrected chi connectivity index (χ0v) is 19.8. The molecule has 0 bridgehead atoms. The molecule has 2 heterocycles. The highest BCUT2D eigenvalue weighted by Gasteiger charge is 2.32. The number of piperazine rings is 1. The Morgan fingerprint density at radius 2 is 1.86 bits per heavy atom. The summed E-state index contributed by atoms with van der Waals surface area (Å²) in [5.41, 5.74) is -0.0107. The summed E-state index contributed by atoms with van der Waals surface area (Å²) in [4.78, 5) is 21.7. The van der Waals surface area contributed by atoms with Crippen LogP contribution >= 0.6 is 0 Å². The minimum Gasteiger partial charge on any atom is -0.405 e. The van der Waals surface area contributed by atoms with Crippen molar-refractivity contribution >= 4 is 17.5 Å². The Hall–Kier alpha value is -3.19. The molecule has 0 unspecified atom stereocenters. The maximum atomic E-state index is 12.7. The summed E-state index contributed by atoms with van der Waals surface area (Å²) >= 11 is 0. The zero-order chi connectivity index (χ0) is 25.5. The fraction of sp³-hybridized carbons (Fsp3) is 0.565. The van der Waals surface area contributed by atoms with Crippen molar-refractivity contribution in [3.05, 3.63) is 46.1 Å². The van der Waals surface area contributed by atoms with Crippen LogP contribution in [-0.4, -0.2) is 64.9 Å². The van der Waals surface area contributed by atoms with Crippen LogP contribution in [0.3, 0.4) is 0 Å². The minimum absolute atomic E-state index is 0.0560. The van der Waals surface area contributed by atoms with Crippen LogP contribution in [-0.2, 0) is 6.54 Å². The number of hydrogen-bond acceptors (Lipinski definition) is 9. The van der Waals surface area contributed by atoms with E-state index in [-0.39, 0.29) is 35.3 Å². The molecule has 196 valence electrons. The van der Waals surface area contributed by atoms with E-state index in [0.717, 1.165) is 58.1 Å². The normalized spacial score (nSPS) is 21.1. The van der Waals surface area contributed by atoms with Crippen molar-refractivity contribution in [3.63, 3.8) is 0 Å². The Kier molecular flexibility index (Phi) is 8.41. The number of aromatic nitrogens is 2. The van der Waals surface area contributed by atoms with E-state index in [9.17, 15) is 23.3 Å². The molecule has 10 nitrogen and oxygen atoms in total. The molecule has 2 aromatic rings. The van der Waals surface area contributed by atoms with E-state index < -0.39 is 11.3 Å². The number of halogens is 3. The molecule has 4 rings (SSSR count). The van der Waals surface area contributed by atoms with Crippen LogP contribution in [0.15, 0.2) is 30.5 Å². The minimum atomic E-state index is -4.82. The number of para-hydroxylation sites is 1. The first kappa shape index (κ1) is 25.9. The molecule has 36 heavy (non-hydrogen) atoms. The fourth-order valence-electron chi connectivity index (χ4n) is 4.78. The Balaban J connectivity index is 1.35. The van der Waals surface area contributed by atoms with Crippen LogP contribution in [0.1, 0.15) is 31.2 Å². The van der Waals surface area contributed by atoms with Crippen LogP contribution in [0.5, 0.6) is 5.75 Å². The molecule has 0 spiro atoms. The summed E-state index contributed by atoms with van der Waals surface area (Å²) in [5, 5.41) is 20.8. The Morgan fingerprint density at radius 1 is 1.14 bits per heavy atom. The quantitative estimate of drug-likeness (QED) is 0.343. The van der Waals surface area contributed by atoms with Crippen molar-refractivity contribution in [3.8, 4) is 5.75 Å². The van der Waals surface area contributed by atoms with Gasteiger partial charge in [-0.2, -0.15) is 4.98 Å². The lowest BCUT2D eigenvalue weighted by Crippen LogP contribution is -2.49. The molecule has 1 saturated carbocycles. The second-order valence-electron chi connectivity index (χ2n) is 9.04. The van der Waals surface area contributed by atoms with Gasteiger partial charge in [0.25, 0.3) is 0 Å². The van der Waals surface area contributed by atoms with Gasteiger partial charge in [-0.05, 0) is 37.7 Å². The first-order valence-corrected chi connectivity index (χ1v) is 12.1. The van der Waals surface area contributed by atoms with Crippen molar-refractivity contribution in [1.29, 1.82) is 0 Å². The molecule has 1 aliphatic heterocycles. The number of ether oxygens (including phenoxy) is 1. The van der Waals surface area contributed by atoms with Gasteiger partial charge in [0.2, 0.25) is 11.8 Å². The lowest BCUT2D eigenvalue weighted by Gasteiger charge is -2.39. The molecular formula is C23H30F3N7O3. The predicted octanol–water partition coefficient (Wildman–Crippen LogP) is 3.77. The highest BCUT2D eigenvalue weighted by molar-refractivity contribution is 5.57. The topological polar surface area (TPSA) is 117 Å². The molecule has 0 amide bonds. The van der Waals surface area contributed by atoms with Gasteiger partial charge in [-0.1, -0.05) is 18.2 Å². The highest BCUT2D eigenvalue weighted by atomic mass is 19.4. The largest absolute Gasteiger partial charge is 0.573 e. The Morgan fingerprint density at radius 3 is 2.56 bits per heavy atom. The molecular weight excluding hydrogens is 479 g/mol. The van der Waals surface area contributed by atoms with Gasteiger partial charge in [-0.15, -0.1) is 13.2 Å². The Bertz CT molecular complexity index is 1030. The number of rotatable bonds is 9. The van der Waals surface area contributed by atoms with E-state index in [2.05, 4.69) is 35.6 Å². The number of nitrogens with zero attached hydrogens (tertiary/aromatic N) is 4. The van der Waals surface area contributed by atoms with Crippen LogP contribution in [0.4, 0.5) is 30.6 Å². The van der Waals surface area contributed by atoms with Gasteiger partial charge in [0, 0.05) is 50.9 Å². The standard InChI is InChI=1S/C23H30F3N7O3/c24-23(25,26)36-20-4-2-1-3-17(20)14-29-22-30-15-19(33(34)35)21(31-22)28-13-16-5-7-18(8-6-16)32-11-9-27-10-12-32/h1-4,15-16,18,27H,5-14H2,(H2,28,29,30,31)/t16-,18-. The van der Waals surface area contributed by atoms with Crippen molar-refractivity contribution in [1.82, 2.24) is 20.2 Å². The molecule has 2 aliphatic rings. The van der Waals surface area contributed by atoms with Gasteiger partial charge in [-0.3, -0.25) is 15.0 Å². The van der Waals surface area contributed by atoms with Crippen molar-refractivity contribution < 1.29 is 22.8 Å². The van der Waals surface area contributed by atoms with E-state index in [1.165, 1.54) is 18.2 Å². The summed E-state index contributed by atoms with van der Waals surface area (Å²) in [6, 6.07) is 6.31. The third-order valence-corrected chi connectivity index (χ3v) is 6.64. The van der Waals surface area contributed by atoms with Crippen LogP contribution in [0.2, 0.25) is 0 Å². The fourth-order valence-corrected chi connectivity index (χ4v) is 4.78. The first-order chi connectivity index (χ1) is 17.3. The first-order valence-electron chi connectivity index (χ1n) is 12.1. The molecule has 1 aromatic carbocycles. The van der Waals surface area contributed by atoms with E-state index in [4.69, 9.17) is 0 Å². The van der Waals surface area contributed by atoms with Crippen LogP contribution in [0.25, 0.3) is 0 Å². The summed E-state index contributed by atoms with van der Waals surface area (Å²) in [5.74, 6) is 0.185. The third kappa shape index (κ3) is 7.17. The summed E-state index contributed by atoms with van der Waals surface area (Å²) in [6.07, 6.45) is 0.538. The molecule has 1 aromatic heterocycles. The predicted molar refractivity (Wildman–Crippen MR) is 128 cm³/mol. The van der Waals surface area contributed by atoms with E-state index >= 15 is 0 Å². The molecule has 2 fully saturated rings. The number of nitro groups is 1. The smallest absolute Gasteiger partial charge is 0.405 e. The number of hydrogen-bond donors (Lipinski definition) is 3. The van der Waals surface area contributed by atoms with E-state index in [1.54, 1.807) is 6.07 Å².